The first-order chi connectivity index (χ1) is 14.0. The number of methoxy groups -OCH3 is 1. The molecule has 156 valence electrons. The van der Waals surface area contributed by atoms with E-state index in [1.165, 1.54) is 0 Å². The van der Waals surface area contributed by atoms with Crippen molar-refractivity contribution in [1.29, 1.82) is 0 Å². The van der Waals surface area contributed by atoms with E-state index in [1.807, 2.05) is 30.3 Å². The Labute approximate surface area is 172 Å². The first-order valence-corrected chi connectivity index (χ1v) is 11.4. The van der Waals surface area contributed by atoms with Gasteiger partial charge in [0.1, 0.15) is 5.75 Å². The van der Waals surface area contributed by atoms with E-state index in [0.29, 0.717) is 37.4 Å². The van der Waals surface area contributed by atoms with E-state index in [2.05, 4.69) is 5.32 Å². The maximum Gasteiger partial charge on any atom is 0.243 e. The number of aryl methyl sites for hydroxylation is 1. The molecule has 0 spiro atoms. The smallest absolute Gasteiger partial charge is 0.243 e. The highest BCUT2D eigenvalue weighted by molar-refractivity contribution is 7.89. The molecule has 6 nitrogen and oxygen atoms in total. The number of ether oxygens (including phenoxy) is 1. The number of para-hydroxylation sites is 1. The number of nitrogens with zero attached hydrogens (tertiary/aromatic N) is 1. The summed E-state index contributed by atoms with van der Waals surface area (Å²) in [5, 5.41) is 2.88. The largest absolute Gasteiger partial charge is 0.496 e. The summed E-state index contributed by atoms with van der Waals surface area (Å²) in [7, 11) is -1.86. The summed E-state index contributed by atoms with van der Waals surface area (Å²) in [6, 6.07) is 14.5. The van der Waals surface area contributed by atoms with Crippen LogP contribution in [0, 0.1) is 0 Å². The van der Waals surface area contributed by atoms with Crippen LogP contribution < -0.4 is 10.1 Å². The van der Waals surface area contributed by atoms with Crippen LogP contribution >= 0.6 is 0 Å². The van der Waals surface area contributed by atoms with Gasteiger partial charge in [0, 0.05) is 26.1 Å². The van der Waals surface area contributed by atoms with Crippen molar-refractivity contribution in [2.75, 3.05) is 20.2 Å². The fraction of sp³-hybridized carbons (Fsp3) is 0.409. The molecule has 1 amide bonds. The van der Waals surface area contributed by atoms with Crippen molar-refractivity contribution in [3.05, 3.63) is 59.7 Å². The highest BCUT2D eigenvalue weighted by Crippen LogP contribution is 2.21. The number of sulfonamides is 1. The van der Waals surface area contributed by atoms with Gasteiger partial charge in [-0.3, -0.25) is 4.79 Å². The molecular weight excluding hydrogens is 388 g/mol. The fourth-order valence-electron chi connectivity index (χ4n) is 3.52. The lowest BCUT2D eigenvalue weighted by atomic mass is 10.1. The van der Waals surface area contributed by atoms with Crippen molar-refractivity contribution in [3.8, 4) is 5.75 Å². The lowest BCUT2D eigenvalue weighted by Gasteiger charge is -2.26. The Balaban J connectivity index is 1.57. The van der Waals surface area contributed by atoms with Crippen LogP contribution in [0.2, 0.25) is 0 Å². The molecule has 0 atom stereocenters. The lowest BCUT2D eigenvalue weighted by molar-refractivity contribution is -0.121. The minimum absolute atomic E-state index is 0.0832. The number of amides is 1. The maximum absolute atomic E-state index is 12.8. The molecule has 7 heteroatoms. The zero-order valence-corrected chi connectivity index (χ0v) is 17.6. The zero-order valence-electron chi connectivity index (χ0n) is 16.8. The van der Waals surface area contributed by atoms with Crippen molar-refractivity contribution in [1.82, 2.24) is 9.62 Å². The summed E-state index contributed by atoms with van der Waals surface area (Å²) in [6.07, 6.45) is 3.81. The average Bonchev–Trinajstić information content (AvgIpc) is 2.77. The molecule has 0 bridgehead atoms. The number of hydrogen-bond acceptors (Lipinski definition) is 4. The van der Waals surface area contributed by atoms with Crippen LogP contribution in [0.1, 0.15) is 36.8 Å². The molecule has 1 aliphatic rings. The molecule has 0 aliphatic carbocycles. The molecule has 3 rings (SSSR count). The topological polar surface area (TPSA) is 75.7 Å². The molecule has 0 saturated carbocycles. The molecule has 29 heavy (non-hydrogen) atoms. The van der Waals surface area contributed by atoms with E-state index in [-0.39, 0.29) is 5.91 Å². The van der Waals surface area contributed by atoms with E-state index in [9.17, 15) is 13.2 Å². The van der Waals surface area contributed by atoms with Gasteiger partial charge in [-0.2, -0.15) is 4.31 Å². The normalized spacial score (nSPS) is 15.1. The van der Waals surface area contributed by atoms with Crippen LogP contribution in [0.3, 0.4) is 0 Å². The number of benzene rings is 2. The lowest BCUT2D eigenvalue weighted by Crippen LogP contribution is -2.35. The second-order valence-electron chi connectivity index (χ2n) is 7.20. The van der Waals surface area contributed by atoms with Crippen LogP contribution in [-0.2, 0) is 27.8 Å². The Kier molecular flexibility index (Phi) is 7.28. The van der Waals surface area contributed by atoms with Crippen LogP contribution in [0.5, 0.6) is 5.75 Å². The highest BCUT2D eigenvalue weighted by atomic mass is 32.2. The van der Waals surface area contributed by atoms with Gasteiger partial charge in [0.25, 0.3) is 0 Å². The van der Waals surface area contributed by atoms with Crippen molar-refractivity contribution < 1.29 is 17.9 Å². The standard InChI is InChI=1S/C22H28N2O4S/c1-28-21-11-4-3-9-19(21)12-13-22(25)23-17-18-8-7-10-20(16-18)29(26,27)24-14-5-2-6-15-24/h3-4,7-11,16H,2,5-6,12-15,17H2,1H3,(H,23,25). The number of rotatable bonds is 8. The van der Waals surface area contributed by atoms with Gasteiger partial charge < -0.3 is 10.1 Å². The third kappa shape index (κ3) is 5.58. The van der Waals surface area contributed by atoms with E-state index in [0.717, 1.165) is 36.1 Å². The number of carbonyl (C=O) groups is 1. The summed E-state index contributed by atoms with van der Waals surface area (Å²) < 4.78 is 32.5. The van der Waals surface area contributed by atoms with Crippen molar-refractivity contribution in [3.63, 3.8) is 0 Å². The first-order valence-electron chi connectivity index (χ1n) is 9.98. The molecular formula is C22H28N2O4S. The molecule has 0 radical (unpaired) electrons. The van der Waals surface area contributed by atoms with E-state index < -0.39 is 10.0 Å². The molecule has 0 unspecified atom stereocenters. The minimum atomic E-state index is -3.47. The molecule has 0 aromatic heterocycles. The molecule has 1 heterocycles. The number of nitrogens with one attached hydrogen (secondary N) is 1. The third-order valence-corrected chi connectivity index (χ3v) is 7.05. The molecule has 1 N–H and O–H groups in total. The second kappa shape index (κ2) is 9.89. The Hall–Kier alpha value is -2.38. The summed E-state index contributed by atoms with van der Waals surface area (Å²) in [5.74, 6) is 0.691. The van der Waals surface area contributed by atoms with Crippen molar-refractivity contribution >= 4 is 15.9 Å². The summed E-state index contributed by atoms with van der Waals surface area (Å²) >= 11 is 0. The average molecular weight is 417 g/mol. The molecule has 1 fully saturated rings. The molecule has 2 aromatic carbocycles. The van der Waals surface area contributed by atoms with Crippen LogP contribution in [-0.4, -0.2) is 38.8 Å². The molecule has 2 aromatic rings. The monoisotopic (exact) mass is 416 g/mol. The van der Waals surface area contributed by atoms with Gasteiger partial charge in [0.15, 0.2) is 0 Å². The van der Waals surface area contributed by atoms with Gasteiger partial charge in [-0.05, 0) is 48.6 Å². The zero-order chi connectivity index (χ0) is 20.7. The summed E-state index contributed by atoms with van der Waals surface area (Å²) in [6.45, 7) is 1.45. The predicted molar refractivity (Wildman–Crippen MR) is 112 cm³/mol. The van der Waals surface area contributed by atoms with Crippen LogP contribution in [0.4, 0.5) is 0 Å². The summed E-state index contributed by atoms with van der Waals surface area (Å²) in [5.41, 5.74) is 1.76. The van der Waals surface area contributed by atoms with Gasteiger partial charge in [-0.25, -0.2) is 8.42 Å². The molecule has 1 saturated heterocycles. The van der Waals surface area contributed by atoms with Gasteiger partial charge in [-0.15, -0.1) is 0 Å². The van der Waals surface area contributed by atoms with Gasteiger partial charge in [-0.1, -0.05) is 36.8 Å². The second-order valence-corrected chi connectivity index (χ2v) is 9.14. The number of piperidine rings is 1. The van der Waals surface area contributed by atoms with E-state index in [4.69, 9.17) is 4.74 Å². The van der Waals surface area contributed by atoms with Crippen molar-refractivity contribution in [2.24, 2.45) is 0 Å². The number of hydrogen-bond donors (Lipinski definition) is 1. The quantitative estimate of drug-likeness (QED) is 0.717. The van der Waals surface area contributed by atoms with Crippen molar-refractivity contribution in [2.45, 2.75) is 43.5 Å². The summed E-state index contributed by atoms with van der Waals surface area (Å²) in [4.78, 5) is 12.5. The Morgan fingerprint density at radius 3 is 2.59 bits per heavy atom. The van der Waals surface area contributed by atoms with Gasteiger partial charge in [0.2, 0.25) is 15.9 Å². The predicted octanol–water partition coefficient (Wildman–Crippen LogP) is 3.12. The van der Waals surface area contributed by atoms with E-state index in [1.54, 1.807) is 29.6 Å². The maximum atomic E-state index is 12.8. The van der Waals surface area contributed by atoms with Crippen LogP contribution in [0.25, 0.3) is 0 Å². The van der Waals surface area contributed by atoms with Gasteiger partial charge in [0.05, 0.1) is 12.0 Å². The Bertz CT molecular complexity index is 937. The fourth-order valence-corrected chi connectivity index (χ4v) is 5.10. The van der Waals surface area contributed by atoms with Gasteiger partial charge >= 0.3 is 0 Å². The SMILES string of the molecule is COc1ccccc1CCC(=O)NCc1cccc(S(=O)(=O)N2CCCCC2)c1. The van der Waals surface area contributed by atoms with Crippen LogP contribution in [0.15, 0.2) is 53.4 Å². The third-order valence-electron chi connectivity index (χ3n) is 5.15. The highest BCUT2D eigenvalue weighted by Gasteiger charge is 2.25. The molecule has 1 aliphatic heterocycles. The van der Waals surface area contributed by atoms with E-state index >= 15 is 0 Å². The number of carbonyl (C=O) groups excluding carboxylic acids is 1. The Morgan fingerprint density at radius 1 is 1.07 bits per heavy atom. The Morgan fingerprint density at radius 2 is 1.83 bits per heavy atom. The first kappa shape index (κ1) is 21.3. The minimum Gasteiger partial charge on any atom is -0.496 e.